The summed E-state index contributed by atoms with van der Waals surface area (Å²) in [6.45, 7) is 9.66. The number of hydrogen-bond acceptors (Lipinski definition) is 4. The molecule has 1 atom stereocenters. The Balaban J connectivity index is 1.56. The lowest BCUT2D eigenvalue weighted by atomic mass is 10.1. The topological polar surface area (TPSA) is 68.0 Å². The summed E-state index contributed by atoms with van der Waals surface area (Å²) < 4.78 is 17.1. The zero-order chi connectivity index (χ0) is 19.9. The molecule has 3 rings (SSSR count). The zero-order valence-electron chi connectivity index (χ0n) is 17.3. The first-order valence-corrected chi connectivity index (χ1v) is 9.85. The van der Waals surface area contributed by atoms with E-state index in [0.717, 1.165) is 54.0 Å². The van der Waals surface area contributed by atoms with Crippen LogP contribution in [0.2, 0.25) is 0 Å². The van der Waals surface area contributed by atoms with Crippen LogP contribution in [0.3, 0.4) is 0 Å². The lowest BCUT2D eigenvalue weighted by molar-refractivity contribution is 0.166. The highest BCUT2D eigenvalue weighted by molar-refractivity contribution is 5.79. The third-order valence-corrected chi connectivity index (χ3v) is 4.98. The van der Waals surface area contributed by atoms with Gasteiger partial charge in [0.1, 0.15) is 17.3 Å². The van der Waals surface area contributed by atoms with E-state index in [1.54, 1.807) is 7.05 Å². The van der Waals surface area contributed by atoms with Crippen LogP contribution in [-0.4, -0.2) is 32.8 Å². The van der Waals surface area contributed by atoms with Gasteiger partial charge in [-0.05, 0) is 44.9 Å². The van der Waals surface area contributed by atoms with Gasteiger partial charge >= 0.3 is 0 Å². The summed E-state index contributed by atoms with van der Waals surface area (Å²) in [5, 5.41) is 6.71. The molecule has 0 spiro atoms. The van der Waals surface area contributed by atoms with E-state index in [-0.39, 0.29) is 0 Å². The molecule has 6 heteroatoms. The molecule has 0 amide bonds. The van der Waals surface area contributed by atoms with E-state index in [1.807, 2.05) is 19.9 Å². The molecule has 152 valence electrons. The third kappa shape index (κ3) is 5.52. The van der Waals surface area contributed by atoms with E-state index >= 15 is 0 Å². The van der Waals surface area contributed by atoms with Crippen molar-refractivity contribution < 1.29 is 13.9 Å². The quantitative estimate of drug-likeness (QED) is 0.564. The minimum Gasteiger partial charge on any atom is -0.493 e. The molecule has 0 aliphatic carbocycles. The van der Waals surface area contributed by atoms with Crippen molar-refractivity contribution in [3.8, 4) is 5.75 Å². The largest absolute Gasteiger partial charge is 0.493 e. The Morgan fingerprint density at radius 2 is 1.93 bits per heavy atom. The second kappa shape index (κ2) is 9.64. The number of benzene rings is 1. The number of guanidine groups is 1. The average molecular weight is 386 g/mol. The van der Waals surface area contributed by atoms with Gasteiger partial charge < -0.3 is 24.5 Å². The van der Waals surface area contributed by atoms with Gasteiger partial charge in [-0.15, -0.1) is 0 Å². The molecular formula is C22H31N3O3. The van der Waals surface area contributed by atoms with Gasteiger partial charge in [0.2, 0.25) is 0 Å². The van der Waals surface area contributed by atoms with Crippen LogP contribution in [0.5, 0.6) is 5.75 Å². The predicted molar refractivity (Wildman–Crippen MR) is 111 cm³/mol. The van der Waals surface area contributed by atoms with Crippen molar-refractivity contribution in [2.24, 2.45) is 10.9 Å². The normalized spacial score (nSPS) is 17.0. The number of nitrogens with zero attached hydrogens (tertiary/aromatic N) is 1. The Morgan fingerprint density at radius 1 is 1.14 bits per heavy atom. The molecule has 0 saturated carbocycles. The molecule has 1 unspecified atom stereocenters. The fourth-order valence-electron chi connectivity index (χ4n) is 3.30. The van der Waals surface area contributed by atoms with Crippen molar-refractivity contribution in [1.29, 1.82) is 0 Å². The highest BCUT2D eigenvalue weighted by Crippen LogP contribution is 2.22. The first kappa shape index (κ1) is 20.3. The van der Waals surface area contributed by atoms with Gasteiger partial charge in [-0.1, -0.05) is 12.1 Å². The van der Waals surface area contributed by atoms with E-state index in [9.17, 15) is 0 Å². The molecule has 1 saturated heterocycles. The number of nitrogens with one attached hydrogen (secondary N) is 2. The number of furan rings is 1. The molecule has 1 aromatic carbocycles. The van der Waals surface area contributed by atoms with Gasteiger partial charge in [0.05, 0.1) is 13.2 Å². The van der Waals surface area contributed by atoms with E-state index in [1.165, 1.54) is 5.56 Å². The molecule has 1 aliphatic rings. The summed E-state index contributed by atoms with van der Waals surface area (Å²) in [4.78, 5) is 4.32. The third-order valence-electron chi connectivity index (χ3n) is 4.98. The maximum absolute atomic E-state index is 6.12. The first-order chi connectivity index (χ1) is 13.5. The molecular weight excluding hydrogens is 354 g/mol. The van der Waals surface area contributed by atoms with Crippen molar-refractivity contribution in [3.63, 3.8) is 0 Å². The van der Waals surface area contributed by atoms with Crippen LogP contribution in [0.4, 0.5) is 0 Å². The van der Waals surface area contributed by atoms with Gasteiger partial charge in [0.15, 0.2) is 5.96 Å². The minimum absolute atomic E-state index is 0.484. The standard InChI is InChI=1S/C22H31N3O3/c1-15-5-6-19(21(9-15)27-14-18-7-8-26-13-18)11-24-22(23-4)25-12-20-10-16(2)28-17(20)3/h5-6,9-10,18H,7-8,11-14H2,1-4H3,(H2,23,24,25). The van der Waals surface area contributed by atoms with Crippen molar-refractivity contribution in [3.05, 3.63) is 52.5 Å². The van der Waals surface area contributed by atoms with E-state index in [2.05, 4.69) is 40.7 Å². The SMILES string of the molecule is CN=C(NCc1ccc(C)cc1OCC1CCOC1)NCc1cc(C)oc1C. The zero-order valence-corrected chi connectivity index (χ0v) is 17.3. The van der Waals surface area contributed by atoms with E-state index < -0.39 is 0 Å². The Kier molecular flexibility index (Phi) is 6.98. The van der Waals surface area contributed by atoms with Crippen molar-refractivity contribution in [2.45, 2.75) is 40.3 Å². The molecule has 0 radical (unpaired) electrons. The van der Waals surface area contributed by atoms with Crippen LogP contribution in [0.1, 0.15) is 34.6 Å². The molecule has 6 nitrogen and oxygen atoms in total. The molecule has 28 heavy (non-hydrogen) atoms. The first-order valence-electron chi connectivity index (χ1n) is 9.85. The maximum atomic E-state index is 6.12. The second-order valence-corrected chi connectivity index (χ2v) is 7.37. The molecule has 2 N–H and O–H groups in total. The number of aryl methyl sites for hydroxylation is 3. The van der Waals surface area contributed by atoms with E-state index in [4.69, 9.17) is 13.9 Å². The second-order valence-electron chi connectivity index (χ2n) is 7.37. The molecule has 2 aromatic rings. The highest BCUT2D eigenvalue weighted by atomic mass is 16.5. The molecule has 1 aromatic heterocycles. The van der Waals surface area contributed by atoms with Crippen molar-refractivity contribution >= 4 is 5.96 Å². The lowest BCUT2D eigenvalue weighted by Crippen LogP contribution is -2.36. The number of rotatable bonds is 7. The fourth-order valence-corrected chi connectivity index (χ4v) is 3.30. The monoisotopic (exact) mass is 385 g/mol. The lowest BCUT2D eigenvalue weighted by Gasteiger charge is -2.17. The number of aliphatic imine (C=N–C) groups is 1. The van der Waals surface area contributed by atoms with Gasteiger partial charge in [-0.3, -0.25) is 4.99 Å². The smallest absolute Gasteiger partial charge is 0.191 e. The van der Waals surface area contributed by atoms with Gasteiger partial charge in [0.25, 0.3) is 0 Å². The summed E-state index contributed by atoms with van der Waals surface area (Å²) in [7, 11) is 1.77. The van der Waals surface area contributed by atoms with Crippen LogP contribution in [0.25, 0.3) is 0 Å². The van der Waals surface area contributed by atoms with Crippen molar-refractivity contribution in [1.82, 2.24) is 10.6 Å². The van der Waals surface area contributed by atoms with Gasteiger partial charge in [0, 0.05) is 43.8 Å². The van der Waals surface area contributed by atoms with Gasteiger partial charge in [-0.25, -0.2) is 0 Å². The number of hydrogen-bond donors (Lipinski definition) is 2. The minimum atomic E-state index is 0.484. The summed E-state index contributed by atoms with van der Waals surface area (Å²) in [5.41, 5.74) is 3.44. The Labute approximate surface area is 167 Å². The van der Waals surface area contributed by atoms with Crippen LogP contribution in [-0.2, 0) is 17.8 Å². The Hall–Kier alpha value is -2.47. The summed E-state index contributed by atoms with van der Waals surface area (Å²) in [5.74, 6) is 4.01. The average Bonchev–Trinajstić information content (AvgIpc) is 3.30. The molecule has 0 bridgehead atoms. The van der Waals surface area contributed by atoms with Gasteiger partial charge in [-0.2, -0.15) is 0 Å². The summed E-state index contributed by atoms with van der Waals surface area (Å²) in [6, 6.07) is 8.37. The fraction of sp³-hybridized carbons (Fsp3) is 0.500. The predicted octanol–water partition coefficient (Wildman–Crippen LogP) is 3.49. The van der Waals surface area contributed by atoms with Crippen LogP contribution >= 0.6 is 0 Å². The summed E-state index contributed by atoms with van der Waals surface area (Å²) in [6.07, 6.45) is 1.07. The highest BCUT2D eigenvalue weighted by Gasteiger charge is 2.17. The van der Waals surface area contributed by atoms with Crippen LogP contribution in [0.15, 0.2) is 33.7 Å². The van der Waals surface area contributed by atoms with Crippen LogP contribution < -0.4 is 15.4 Å². The molecule has 2 heterocycles. The maximum Gasteiger partial charge on any atom is 0.191 e. The molecule has 1 aliphatic heterocycles. The van der Waals surface area contributed by atoms with Crippen LogP contribution in [0, 0.1) is 26.7 Å². The number of ether oxygens (including phenoxy) is 2. The van der Waals surface area contributed by atoms with E-state index in [0.29, 0.717) is 25.6 Å². The molecule has 1 fully saturated rings. The Morgan fingerprint density at radius 3 is 2.57 bits per heavy atom. The van der Waals surface area contributed by atoms with Crippen molar-refractivity contribution in [2.75, 3.05) is 26.9 Å². The Bertz CT molecular complexity index is 807. The summed E-state index contributed by atoms with van der Waals surface area (Å²) >= 11 is 0.